The molecule has 3 aromatic heterocycles. The molecule has 0 amide bonds. The molecule has 3 heterocycles. The number of halogens is 1. The van der Waals surface area contributed by atoms with Crippen LogP contribution in [0.4, 0.5) is 4.39 Å². The maximum absolute atomic E-state index is 13.9. The van der Waals surface area contributed by atoms with E-state index in [1.54, 1.807) is 24.0 Å². The number of fused-ring (bicyclic) bond motifs is 2. The number of hydrogen-bond acceptors (Lipinski definition) is 7. The first kappa shape index (κ1) is 18.6. The van der Waals surface area contributed by atoms with Gasteiger partial charge in [0.2, 0.25) is 5.89 Å². The number of aryl methyl sites for hydroxylation is 1. The molecule has 2 unspecified atom stereocenters. The number of rotatable bonds is 4. The lowest BCUT2D eigenvalue weighted by Gasteiger charge is -2.06. The molecule has 2 aliphatic rings. The highest BCUT2D eigenvalue weighted by molar-refractivity contribution is 5.71. The molecule has 6 rings (SSSR count). The summed E-state index contributed by atoms with van der Waals surface area (Å²) in [6.07, 6.45) is 5.91. The zero-order valence-corrected chi connectivity index (χ0v) is 16.9. The lowest BCUT2D eigenvalue weighted by atomic mass is 9.99. The summed E-state index contributed by atoms with van der Waals surface area (Å²) in [5.74, 6) is 1.26. The molecule has 158 valence electrons. The molecule has 1 saturated carbocycles. The zero-order valence-electron chi connectivity index (χ0n) is 16.9. The highest BCUT2D eigenvalue weighted by Gasteiger charge is 2.55. The lowest BCUT2D eigenvalue weighted by molar-refractivity contribution is 0.364. The van der Waals surface area contributed by atoms with Crippen molar-refractivity contribution >= 4 is 16.7 Å². The van der Waals surface area contributed by atoms with E-state index < -0.39 is 5.82 Å². The van der Waals surface area contributed by atoms with Crippen LogP contribution in [-0.2, 0) is 13.6 Å². The number of nitriles is 1. The monoisotopic (exact) mass is 429 g/mol. The minimum atomic E-state index is -0.500. The SMILES string of the molecule is Cn1cnc2ncn(Cc3nc([C@@H]4C5C=C(c6ccc(C#N)c(F)c6)CC54)no3)c(=O)c21. The molecule has 4 aromatic rings. The zero-order chi connectivity index (χ0) is 22.0. The van der Waals surface area contributed by atoms with Crippen molar-refractivity contribution in [3.05, 3.63) is 75.9 Å². The predicted molar refractivity (Wildman–Crippen MR) is 110 cm³/mol. The summed E-state index contributed by atoms with van der Waals surface area (Å²) in [5, 5.41) is 13.0. The van der Waals surface area contributed by atoms with E-state index in [1.165, 1.54) is 23.0 Å². The van der Waals surface area contributed by atoms with Gasteiger partial charge in [-0.2, -0.15) is 10.2 Å². The maximum Gasteiger partial charge on any atom is 0.280 e. The van der Waals surface area contributed by atoms with E-state index in [0.29, 0.717) is 28.8 Å². The Balaban J connectivity index is 1.19. The molecule has 0 radical (unpaired) electrons. The Hall–Kier alpha value is -4.13. The van der Waals surface area contributed by atoms with Crippen molar-refractivity contribution < 1.29 is 8.91 Å². The van der Waals surface area contributed by atoms with Crippen molar-refractivity contribution in [1.82, 2.24) is 29.2 Å². The summed E-state index contributed by atoms with van der Waals surface area (Å²) < 4.78 is 22.4. The average molecular weight is 429 g/mol. The second kappa shape index (κ2) is 6.68. The van der Waals surface area contributed by atoms with Crippen LogP contribution in [0.2, 0.25) is 0 Å². The molecule has 1 fully saturated rings. The number of allylic oxidation sites excluding steroid dienone is 2. The third-order valence-corrected chi connectivity index (χ3v) is 6.33. The van der Waals surface area contributed by atoms with Crippen LogP contribution in [0.1, 0.15) is 35.2 Å². The topological polar surface area (TPSA) is 115 Å². The minimum Gasteiger partial charge on any atom is -0.337 e. The summed E-state index contributed by atoms with van der Waals surface area (Å²) in [7, 11) is 1.74. The Morgan fingerprint density at radius 3 is 2.91 bits per heavy atom. The number of hydrogen-bond donors (Lipinski definition) is 0. The number of nitrogens with zero attached hydrogens (tertiary/aromatic N) is 7. The molecule has 0 aliphatic heterocycles. The standard InChI is InChI=1S/C22H16FN7O2/c1-29-9-25-21-19(29)22(31)30(10-26-21)8-17-27-20(28-32-17)18-14-4-13(5-15(14)18)11-2-3-12(7-24)16(23)6-11/h2-4,6,9-10,14-15,18H,5,8H2,1H3/t14?,15?,18-/m1/s1. The van der Waals surface area contributed by atoms with Crippen LogP contribution in [0.3, 0.4) is 0 Å². The van der Waals surface area contributed by atoms with Gasteiger partial charge in [0.1, 0.15) is 24.8 Å². The fraction of sp³-hybridized carbons (Fsp3) is 0.273. The van der Waals surface area contributed by atoms with Gasteiger partial charge >= 0.3 is 0 Å². The van der Waals surface area contributed by atoms with Crippen molar-refractivity contribution in [3.63, 3.8) is 0 Å². The Labute approximate surface area is 180 Å². The summed E-state index contributed by atoms with van der Waals surface area (Å²) in [6, 6.07) is 6.55. The van der Waals surface area contributed by atoms with E-state index in [9.17, 15) is 9.18 Å². The predicted octanol–water partition coefficient (Wildman–Crippen LogP) is 2.39. The largest absolute Gasteiger partial charge is 0.337 e. The molecule has 0 spiro atoms. The summed E-state index contributed by atoms with van der Waals surface area (Å²) in [4.78, 5) is 25.5. The van der Waals surface area contributed by atoms with Crippen molar-refractivity contribution in [1.29, 1.82) is 5.26 Å². The summed E-state index contributed by atoms with van der Waals surface area (Å²) in [6.45, 7) is 0.133. The Morgan fingerprint density at radius 2 is 2.16 bits per heavy atom. The van der Waals surface area contributed by atoms with Gasteiger partial charge in [0, 0.05) is 13.0 Å². The van der Waals surface area contributed by atoms with Crippen molar-refractivity contribution in [2.45, 2.75) is 18.9 Å². The van der Waals surface area contributed by atoms with Crippen molar-refractivity contribution in [3.8, 4) is 6.07 Å². The first-order chi connectivity index (χ1) is 15.5. The molecule has 9 nitrogen and oxygen atoms in total. The van der Waals surface area contributed by atoms with Crippen LogP contribution < -0.4 is 5.56 Å². The van der Waals surface area contributed by atoms with Gasteiger partial charge in [-0.3, -0.25) is 9.36 Å². The van der Waals surface area contributed by atoms with E-state index in [-0.39, 0.29) is 29.5 Å². The minimum absolute atomic E-state index is 0.0477. The number of aromatic nitrogens is 6. The van der Waals surface area contributed by atoms with Gasteiger partial charge in [-0.05, 0) is 41.5 Å². The molecule has 10 heteroatoms. The van der Waals surface area contributed by atoms with E-state index >= 15 is 0 Å². The van der Waals surface area contributed by atoms with Crippen LogP contribution in [0, 0.1) is 29.0 Å². The molecule has 2 aliphatic carbocycles. The lowest BCUT2D eigenvalue weighted by Crippen LogP contribution is -2.22. The molecule has 0 saturated heterocycles. The van der Waals surface area contributed by atoms with E-state index in [4.69, 9.17) is 9.78 Å². The van der Waals surface area contributed by atoms with Crippen LogP contribution >= 0.6 is 0 Å². The average Bonchev–Trinajstić information content (AvgIpc) is 3.21. The second-order valence-corrected chi connectivity index (χ2v) is 8.22. The van der Waals surface area contributed by atoms with Gasteiger partial charge in [-0.15, -0.1) is 0 Å². The second-order valence-electron chi connectivity index (χ2n) is 8.22. The van der Waals surface area contributed by atoms with Crippen LogP contribution in [0.15, 0.2) is 46.2 Å². The molecule has 32 heavy (non-hydrogen) atoms. The normalized spacial score (nSPS) is 21.4. The quantitative estimate of drug-likeness (QED) is 0.489. The van der Waals surface area contributed by atoms with Crippen molar-refractivity contribution in [2.75, 3.05) is 0 Å². The molecule has 0 bridgehead atoms. The van der Waals surface area contributed by atoms with Crippen LogP contribution in [-0.4, -0.2) is 29.2 Å². The van der Waals surface area contributed by atoms with Gasteiger partial charge in [0.25, 0.3) is 5.56 Å². The first-order valence-electron chi connectivity index (χ1n) is 10.1. The Bertz CT molecular complexity index is 1520. The highest BCUT2D eigenvalue weighted by atomic mass is 19.1. The highest BCUT2D eigenvalue weighted by Crippen LogP contribution is 2.62. The number of benzene rings is 1. The van der Waals surface area contributed by atoms with E-state index in [1.807, 2.05) is 6.07 Å². The van der Waals surface area contributed by atoms with Gasteiger partial charge in [0.15, 0.2) is 17.0 Å². The van der Waals surface area contributed by atoms with Crippen molar-refractivity contribution in [2.24, 2.45) is 18.9 Å². The smallest absolute Gasteiger partial charge is 0.280 e. The Morgan fingerprint density at radius 1 is 1.31 bits per heavy atom. The van der Waals surface area contributed by atoms with Crippen LogP contribution in [0.25, 0.3) is 16.7 Å². The van der Waals surface area contributed by atoms with Gasteiger partial charge < -0.3 is 9.09 Å². The third-order valence-electron chi connectivity index (χ3n) is 6.33. The van der Waals surface area contributed by atoms with E-state index in [2.05, 4.69) is 26.2 Å². The molecular weight excluding hydrogens is 413 g/mol. The molecule has 3 atom stereocenters. The summed E-state index contributed by atoms with van der Waals surface area (Å²) in [5.41, 5.74) is 2.52. The Kier molecular flexibility index (Phi) is 3.89. The fourth-order valence-electron chi connectivity index (χ4n) is 4.63. The number of imidazole rings is 1. The molecule has 1 aromatic carbocycles. The van der Waals surface area contributed by atoms with Gasteiger partial charge in [0.05, 0.1) is 11.9 Å². The van der Waals surface area contributed by atoms with Crippen LogP contribution in [0.5, 0.6) is 0 Å². The molecular formula is C22H16FN7O2. The van der Waals surface area contributed by atoms with Gasteiger partial charge in [-0.1, -0.05) is 17.3 Å². The third kappa shape index (κ3) is 2.78. The maximum atomic E-state index is 13.9. The van der Waals surface area contributed by atoms with E-state index in [0.717, 1.165) is 17.6 Å². The first-order valence-corrected chi connectivity index (χ1v) is 10.1. The summed E-state index contributed by atoms with van der Waals surface area (Å²) >= 11 is 0. The fourth-order valence-corrected chi connectivity index (χ4v) is 4.63. The molecule has 0 N–H and O–H groups in total. The van der Waals surface area contributed by atoms with Gasteiger partial charge in [-0.25, -0.2) is 14.4 Å².